The van der Waals surface area contributed by atoms with Crippen LogP contribution in [-0.2, 0) is 0 Å². The summed E-state index contributed by atoms with van der Waals surface area (Å²) in [5, 5.41) is 4.60. The van der Waals surface area contributed by atoms with Crippen LogP contribution < -0.4 is 9.64 Å². The van der Waals surface area contributed by atoms with Crippen molar-refractivity contribution in [3.05, 3.63) is 158 Å². The van der Waals surface area contributed by atoms with E-state index in [2.05, 4.69) is 94.8 Å². The Balaban J connectivity index is 1.28. The molecule has 9 aromatic rings. The molecule has 9 rings (SSSR count). The molecule has 0 aliphatic rings. The van der Waals surface area contributed by atoms with Gasteiger partial charge in [-0.2, -0.15) is 0 Å². The van der Waals surface area contributed by atoms with E-state index in [0.29, 0.717) is 0 Å². The quantitative estimate of drug-likeness (QED) is 0.188. The SMILES string of the molecule is c1ccc(Oc2ccc(N(c3ccc(-c4ccncc4)cc3)c3cc4c5ccccc5sc4c4oc5ccccc5c34)cc2)cc1. The van der Waals surface area contributed by atoms with Gasteiger partial charge in [-0.05, 0) is 90.0 Å². The summed E-state index contributed by atoms with van der Waals surface area (Å²) in [5.74, 6) is 1.58. The third-order valence-corrected chi connectivity index (χ3v) is 9.61. The predicted molar refractivity (Wildman–Crippen MR) is 191 cm³/mol. The van der Waals surface area contributed by atoms with Crippen LogP contribution in [0.25, 0.3) is 53.2 Å². The summed E-state index contributed by atoms with van der Waals surface area (Å²) >= 11 is 1.79. The van der Waals surface area contributed by atoms with Crippen molar-refractivity contribution in [2.75, 3.05) is 4.90 Å². The van der Waals surface area contributed by atoms with E-state index in [1.54, 1.807) is 11.3 Å². The number of ether oxygens (including phenoxy) is 1. The molecule has 5 heteroatoms. The van der Waals surface area contributed by atoms with Crippen LogP contribution in [0, 0.1) is 0 Å². The van der Waals surface area contributed by atoms with Crippen LogP contribution in [-0.4, -0.2) is 4.98 Å². The monoisotopic (exact) mass is 610 g/mol. The maximum atomic E-state index is 6.68. The zero-order valence-electron chi connectivity index (χ0n) is 24.6. The van der Waals surface area contributed by atoms with E-state index >= 15 is 0 Å². The van der Waals surface area contributed by atoms with E-state index in [1.807, 2.05) is 73.1 Å². The van der Waals surface area contributed by atoms with Crippen molar-refractivity contribution in [3.63, 3.8) is 0 Å². The Morgan fingerprint density at radius 1 is 0.565 bits per heavy atom. The molecule has 0 aliphatic heterocycles. The van der Waals surface area contributed by atoms with Gasteiger partial charge in [-0.15, -0.1) is 11.3 Å². The summed E-state index contributed by atoms with van der Waals surface area (Å²) in [4.78, 5) is 6.53. The highest BCUT2D eigenvalue weighted by Gasteiger charge is 2.23. The molecule has 0 N–H and O–H groups in total. The molecule has 0 bridgehead atoms. The minimum absolute atomic E-state index is 0.779. The molecule has 0 amide bonds. The van der Waals surface area contributed by atoms with Crippen LogP contribution in [0.2, 0.25) is 0 Å². The molecule has 46 heavy (non-hydrogen) atoms. The highest BCUT2D eigenvalue weighted by Crippen LogP contribution is 2.49. The molecule has 0 unspecified atom stereocenters. The van der Waals surface area contributed by atoms with Crippen LogP contribution >= 0.6 is 11.3 Å². The molecule has 3 aromatic heterocycles. The van der Waals surface area contributed by atoms with Gasteiger partial charge in [0.05, 0.1) is 15.8 Å². The second-order valence-electron chi connectivity index (χ2n) is 11.2. The van der Waals surface area contributed by atoms with Crippen LogP contribution in [0.3, 0.4) is 0 Å². The highest BCUT2D eigenvalue weighted by atomic mass is 32.1. The second kappa shape index (κ2) is 10.9. The fourth-order valence-electron chi connectivity index (χ4n) is 6.28. The van der Waals surface area contributed by atoms with Crippen LogP contribution in [0.4, 0.5) is 17.1 Å². The minimum Gasteiger partial charge on any atom is -0.457 e. The first-order valence-corrected chi connectivity index (χ1v) is 16.0. The molecule has 218 valence electrons. The third-order valence-electron chi connectivity index (χ3n) is 8.43. The number of rotatable bonds is 6. The lowest BCUT2D eigenvalue weighted by atomic mass is 10.0. The van der Waals surface area contributed by atoms with Gasteiger partial charge in [-0.3, -0.25) is 4.98 Å². The molecule has 0 aliphatic carbocycles. The maximum Gasteiger partial charge on any atom is 0.155 e. The number of thiophene rings is 1. The summed E-state index contributed by atoms with van der Waals surface area (Å²) in [6.07, 6.45) is 3.66. The molecular weight excluding hydrogens is 585 g/mol. The summed E-state index contributed by atoms with van der Waals surface area (Å²) in [6, 6.07) is 50.3. The van der Waals surface area contributed by atoms with Gasteiger partial charge in [-0.1, -0.05) is 66.7 Å². The first kappa shape index (κ1) is 26.5. The summed E-state index contributed by atoms with van der Waals surface area (Å²) < 4.78 is 15.2. The van der Waals surface area contributed by atoms with Gasteiger partial charge in [0.15, 0.2) is 5.58 Å². The molecule has 0 fully saturated rings. The Morgan fingerprint density at radius 2 is 1.20 bits per heavy atom. The van der Waals surface area contributed by atoms with Crippen molar-refractivity contribution in [2.24, 2.45) is 0 Å². The number of anilines is 3. The van der Waals surface area contributed by atoms with Gasteiger partial charge in [0, 0.05) is 44.6 Å². The fourth-order valence-corrected chi connectivity index (χ4v) is 7.45. The largest absolute Gasteiger partial charge is 0.457 e. The number of para-hydroxylation sites is 2. The number of benzene rings is 6. The van der Waals surface area contributed by atoms with Gasteiger partial charge in [-0.25, -0.2) is 0 Å². The number of fused-ring (bicyclic) bond motifs is 7. The number of nitrogens with zero attached hydrogens (tertiary/aromatic N) is 2. The van der Waals surface area contributed by atoms with Crippen molar-refractivity contribution in [3.8, 4) is 22.6 Å². The molecule has 6 aromatic carbocycles. The normalized spacial score (nSPS) is 11.5. The molecule has 0 saturated carbocycles. The van der Waals surface area contributed by atoms with Gasteiger partial charge in [0.2, 0.25) is 0 Å². The molecule has 0 radical (unpaired) electrons. The van der Waals surface area contributed by atoms with Crippen molar-refractivity contribution in [2.45, 2.75) is 0 Å². The standard InChI is InChI=1S/C41H26N2O2S/c1-2-8-31(9-3-1)44-32-20-18-30(19-21-32)43(29-16-14-27(15-17-29)28-22-24-42-25-23-28)36-26-35-33-10-5-7-13-38(33)46-41(35)40-39(36)34-11-4-6-12-37(34)45-40/h1-26H. The number of hydrogen-bond acceptors (Lipinski definition) is 5. The number of aromatic nitrogens is 1. The zero-order valence-corrected chi connectivity index (χ0v) is 25.4. The van der Waals surface area contributed by atoms with Gasteiger partial charge in [0.25, 0.3) is 0 Å². The van der Waals surface area contributed by atoms with Crippen molar-refractivity contribution < 1.29 is 9.15 Å². The average Bonchev–Trinajstić information content (AvgIpc) is 3.69. The maximum absolute atomic E-state index is 6.68. The molecule has 0 spiro atoms. The summed E-state index contributed by atoms with van der Waals surface area (Å²) in [5.41, 5.74) is 7.17. The van der Waals surface area contributed by atoms with Crippen LogP contribution in [0.5, 0.6) is 11.5 Å². The van der Waals surface area contributed by atoms with E-state index in [4.69, 9.17) is 9.15 Å². The Kier molecular flexibility index (Phi) is 6.28. The lowest BCUT2D eigenvalue weighted by Gasteiger charge is -2.27. The third kappa shape index (κ3) is 4.48. The molecule has 4 nitrogen and oxygen atoms in total. The number of hydrogen-bond donors (Lipinski definition) is 0. The molecular formula is C41H26N2O2S. The Bertz CT molecular complexity index is 2480. The average molecular weight is 611 g/mol. The van der Waals surface area contributed by atoms with E-state index in [0.717, 1.165) is 66.3 Å². The molecule has 0 atom stereocenters. The first-order valence-electron chi connectivity index (χ1n) is 15.2. The summed E-state index contributed by atoms with van der Waals surface area (Å²) in [6.45, 7) is 0. The van der Waals surface area contributed by atoms with Gasteiger partial charge >= 0.3 is 0 Å². The zero-order chi connectivity index (χ0) is 30.5. The van der Waals surface area contributed by atoms with Gasteiger partial charge in [0.1, 0.15) is 17.1 Å². The second-order valence-corrected chi connectivity index (χ2v) is 12.3. The predicted octanol–water partition coefficient (Wildman–Crippen LogP) is 12.3. The number of pyridine rings is 1. The van der Waals surface area contributed by atoms with E-state index < -0.39 is 0 Å². The van der Waals surface area contributed by atoms with Crippen molar-refractivity contribution in [1.82, 2.24) is 4.98 Å². The molecule has 3 heterocycles. The topological polar surface area (TPSA) is 38.5 Å². The summed E-state index contributed by atoms with van der Waals surface area (Å²) in [7, 11) is 0. The van der Waals surface area contributed by atoms with Gasteiger partial charge < -0.3 is 14.1 Å². The van der Waals surface area contributed by atoms with E-state index in [9.17, 15) is 0 Å². The van der Waals surface area contributed by atoms with Crippen molar-refractivity contribution in [1.29, 1.82) is 0 Å². The van der Waals surface area contributed by atoms with Crippen molar-refractivity contribution >= 4 is 70.5 Å². The lowest BCUT2D eigenvalue weighted by molar-refractivity contribution is 0.483. The number of furan rings is 1. The van der Waals surface area contributed by atoms with Crippen LogP contribution in [0.1, 0.15) is 0 Å². The molecule has 0 saturated heterocycles. The first-order chi connectivity index (χ1) is 22.8. The Morgan fingerprint density at radius 3 is 1.98 bits per heavy atom. The Labute approximate surface area is 269 Å². The smallest absolute Gasteiger partial charge is 0.155 e. The van der Waals surface area contributed by atoms with E-state index in [-0.39, 0.29) is 0 Å². The lowest BCUT2D eigenvalue weighted by Crippen LogP contribution is -2.10. The fraction of sp³-hybridized carbons (Fsp3) is 0. The van der Waals surface area contributed by atoms with Crippen LogP contribution in [0.15, 0.2) is 162 Å². The minimum atomic E-state index is 0.779. The Hall–Kier alpha value is -5.91. The highest BCUT2D eigenvalue weighted by molar-refractivity contribution is 7.26. The van der Waals surface area contributed by atoms with E-state index in [1.165, 1.54) is 15.5 Å².